The maximum Gasteiger partial charge on any atom is 0.271 e. The molecule has 0 unspecified atom stereocenters. The monoisotopic (exact) mass is 373 g/mol. The van der Waals surface area contributed by atoms with Crippen LogP contribution in [-0.2, 0) is 4.74 Å². The number of hydrogen-bond donors (Lipinski definition) is 1. The van der Waals surface area contributed by atoms with Crippen molar-refractivity contribution in [3.05, 3.63) is 59.4 Å². The third kappa shape index (κ3) is 4.33. The molecule has 2 aromatic heterocycles. The first-order valence-corrected chi connectivity index (χ1v) is 8.82. The van der Waals surface area contributed by atoms with Crippen LogP contribution in [-0.4, -0.2) is 35.4 Å². The van der Waals surface area contributed by atoms with Gasteiger partial charge in [-0.15, -0.1) is 0 Å². The summed E-state index contributed by atoms with van der Waals surface area (Å²) in [7, 11) is 0. The second-order valence-corrected chi connectivity index (χ2v) is 6.02. The molecule has 0 saturated carbocycles. The molecule has 3 rings (SSSR count). The van der Waals surface area contributed by atoms with Gasteiger partial charge in [0.2, 0.25) is 0 Å². The van der Waals surface area contributed by atoms with E-state index in [4.69, 9.17) is 20.8 Å². The van der Waals surface area contributed by atoms with Crippen molar-refractivity contribution in [2.75, 3.05) is 19.8 Å². The number of amides is 1. The molecular weight excluding hydrogens is 354 g/mol. The summed E-state index contributed by atoms with van der Waals surface area (Å²) in [5.41, 5.74) is 1.80. The first-order valence-electron chi connectivity index (χ1n) is 8.45. The largest absolute Gasteiger partial charge is 0.463 e. The van der Waals surface area contributed by atoms with Gasteiger partial charge in [0.05, 0.1) is 12.0 Å². The van der Waals surface area contributed by atoms with Crippen LogP contribution in [0.4, 0.5) is 0 Å². The van der Waals surface area contributed by atoms with E-state index in [1.807, 2.05) is 25.1 Å². The van der Waals surface area contributed by atoms with Crippen molar-refractivity contribution < 1.29 is 13.9 Å². The molecule has 136 valence electrons. The smallest absolute Gasteiger partial charge is 0.271 e. The average molecular weight is 374 g/mol. The molecule has 3 aromatic rings. The van der Waals surface area contributed by atoms with E-state index in [9.17, 15) is 4.79 Å². The molecule has 0 atom stereocenters. The normalized spacial score (nSPS) is 10.8. The number of nitrogens with one attached hydrogen (secondary N) is 1. The lowest BCUT2D eigenvalue weighted by Gasteiger charge is -2.05. The summed E-state index contributed by atoms with van der Waals surface area (Å²) >= 11 is 5.96. The third-order valence-electron chi connectivity index (χ3n) is 3.74. The predicted octanol–water partition coefficient (Wildman–Crippen LogP) is 3.94. The van der Waals surface area contributed by atoms with Crippen molar-refractivity contribution in [2.24, 2.45) is 0 Å². The fourth-order valence-corrected chi connectivity index (χ4v) is 2.61. The summed E-state index contributed by atoms with van der Waals surface area (Å²) in [6.45, 7) is 3.76. The SMILES string of the molecule is CCOCCCNC(=O)c1cc(-c2ccco2)n(-c2ccc(Cl)cc2)n1. The maximum absolute atomic E-state index is 12.4. The molecule has 2 heterocycles. The Balaban J connectivity index is 1.82. The Bertz CT molecular complexity index is 842. The number of carbonyl (C=O) groups excluding carboxylic acids is 1. The standard InChI is InChI=1S/C19H20ClN3O3/c1-2-25-11-4-10-21-19(24)16-13-17(18-5-3-12-26-18)23(22-16)15-8-6-14(20)7-9-15/h3,5-9,12-13H,2,4,10-11H2,1H3,(H,21,24). The highest BCUT2D eigenvalue weighted by Gasteiger charge is 2.18. The van der Waals surface area contributed by atoms with E-state index in [1.54, 1.807) is 35.2 Å². The summed E-state index contributed by atoms with van der Waals surface area (Å²) in [5, 5.41) is 7.94. The van der Waals surface area contributed by atoms with Crippen LogP contribution in [0.5, 0.6) is 0 Å². The zero-order valence-electron chi connectivity index (χ0n) is 14.4. The van der Waals surface area contributed by atoms with E-state index >= 15 is 0 Å². The van der Waals surface area contributed by atoms with Gasteiger partial charge in [-0.3, -0.25) is 4.79 Å². The molecule has 1 aromatic carbocycles. The number of rotatable bonds is 8. The fraction of sp³-hybridized carbons (Fsp3) is 0.263. The number of hydrogen-bond acceptors (Lipinski definition) is 4. The Morgan fingerprint density at radius 3 is 2.81 bits per heavy atom. The molecule has 0 saturated heterocycles. The molecule has 0 aliphatic carbocycles. The van der Waals surface area contributed by atoms with Gasteiger partial charge >= 0.3 is 0 Å². The number of carbonyl (C=O) groups is 1. The lowest BCUT2D eigenvalue weighted by molar-refractivity contribution is 0.0939. The highest BCUT2D eigenvalue weighted by atomic mass is 35.5. The van der Waals surface area contributed by atoms with Gasteiger partial charge in [0.25, 0.3) is 5.91 Å². The summed E-state index contributed by atoms with van der Waals surface area (Å²) < 4.78 is 12.4. The Hall–Kier alpha value is -2.57. The van der Waals surface area contributed by atoms with E-state index < -0.39 is 0 Å². The van der Waals surface area contributed by atoms with Crippen molar-refractivity contribution >= 4 is 17.5 Å². The van der Waals surface area contributed by atoms with Crippen molar-refractivity contribution in [3.63, 3.8) is 0 Å². The molecule has 0 spiro atoms. The minimum Gasteiger partial charge on any atom is -0.463 e. The van der Waals surface area contributed by atoms with Gasteiger partial charge in [0.1, 0.15) is 5.69 Å². The van der Waals surface area contributed by atoms with E-state index in [0.29, 0.717) is 41.9 Å². The van der Waals surface area contributed by atoms with Crippen LogP contribution < -0.4 is 5.32 Å². The van der Waals surface area contributed by atoms with Crippen LogP contribution in [0.15, 0.2) is 53.1 Å². The van der Waals surface area contributed by atoms with Gasteiger partial charge in [-0.05, 0) is 49.7 Å². The first kappa shape index (κ1) is 18.2. The van der Waals surface area contributed by atoms with Crippen molar-refractivity contribution in [1.82, 2.24) is 15.1 Å². The predicted molar refractivity (Wildman–Crippen MR) is 99.7 cm³/mol. The topological polar surface area (TPSA) is 69.3 Å². The Kier molecular flexibility index (Phi) is 6.09. The number of aromatic nitrogens is 2. The lowest BCUT2D eigenvalue weighted by atomic mass is 10.2. The number of furan rings is 1. The minimum atomic E-state index is -0.234. The number of benzene rings is 1. The van der Waals surface area contributed by atoms with Gasteiger partial charge in [-0.1, -0.05) is 11.6 Å². The summed E-state index contributed by atoms with van der Waals surface area (Å²) in [6.07, 6.45) is 2.34. The fourth-order valence-electron chi connectivity index (χ4n) is 2.48. The molecule has 7 heteroatoms. The van der Waals surface area contributed by atoms with Crippen LogP contribution in [0.1, 0.15) is 23.8 Å². The van der Waals surface area contributed by atoms with E-state index in [1.165, 1.54) is 0 Å². The van der Waals surface area contributed by atoms with Crippen LogP contribution in [0.3, 0.4) is 0 Å². The van der Waals surface area contributed by atoms with Crippen LogP contribution in [0.25, 0.3) is 17.1 Å². The zero-order chi connectivity index (χ0) is 18.4. The zero-order valence-corrected chi connectivity index (χ0v) is 15.2. The molecule has 1 amide bonds. The Morgan fingerprint density at radius 2 is 2.12 bits per heavy atom. The highest BCUT2D eigenvalue weighted by Crippen LogP contribution is 2.25. The highest BCUT2D eigenvalue weighted by molar-refractivity contribution is 6.30. The molecule has 0 radical (unpaired) electrons. The number of halogens is 1. The van der Waals surface area contributed by atoms with E-state index in [0.717, 1.165) is 12.1 Å². The van der Waals surface area contributed by atoms with Crippen molar-refractivity contribution in [3.8, 4) is 17.1 Å². The van der Waals surface area contributed by atoms with Gasteiger partial charge in [-0.25, -0.2) is 4.68 Å². The quantitative estimate of drug-likeness (QED) is 0.607. The minimum absolute atomic E-state index is 0.234. The second-order valence-electron chi connectivity index (χ2n) is 5.59. The molecule has 6 nitrogen and oxygen atoms in total. The van der Waals surface area contributed by atoms with Gasteiger partial charge < -0.3 is 14.5 Å². The van der Waals surface area contributed by atoms with Crippen LogP contribution in [0.2, 0.25) is 5.02 Å². The molecular formula is C19H20ClN3O3. The molecule has 26 heavy (non-hydrogen) atoms. The molecule has 1 N–H and O–H groups in total. The second kappa shape index (κ2) is 8.69. The lowest BCUT2D eigenvalue weighted by Crippen LogP contribution is -2.25. The Morgan fingerprint density at radius 1 is 1.31 bits per heavy atom. The molecule has 0 aliphatic heterocycles. The third-order valence-corrected chi connectivity index (χ3v) is 3.99. The number of ether oxygens (including phenoxy) is 1. The van der Waals surface area contributed by atoms with Gasteiger partial charge in [-0.2, -0.15) is 5.10 Å². The summed E-state index contributed by atoms with van der Waals surface area (Å²) in [5.74, 6) is 0.393. The van der Waals surface area contributed by atoms with Crippen molar-refractivity contribution in [1.29, 1.82) is 0 Å². The number of nitrogens with zero attached hydrogens (tertiary/aromatic N) is 2. The molecule has 0 bridgehead atoms. The van der Waals surface area contributed by atoms with Crippen molar-refractivity contribution in [2.45, 2.75) is 13.3 Å². The average Bonchev–Trinajstić information content (AvgIpc) is 3.31. The van der Waals surface area contributed by atoms with E-state index in [-0.39, 0.29) is 5.91 Å². The maximum atomic E-state index is 12.4. The van der Waals surface area contributed by atoms with E-state index in [2.05, 4.69) is 10.4 Å². The van der Waals surface area contributed by atoms with Gasteiger partial charge in [0, 0.05) is 30.8 Å². The summed E-state index contributed by atoms with van der Waals surface area (Å²) in [4.78, 5) is 12.4. The Labute approximate surface area is 156 Å². The van der Waals surface area contributed by atoms with Crippen LogP contribution in [0, 0.1) is 0 Å². The molecule has 0 fully saturated rings. The van der Waals surface area contributed by atoms with Crippen LogP contribution >= 0.6 is 11.6 Å². The summed E-state index contributed by atoms with van der Waals surface area (Å²) in [6, 6.07) is 12.6. The first-order chi connectivity index (χ1) is 12.7. The molecule has 0 aliphatic rings. The van der Waals surface area contributed by atoms with Gasteiger partial charge in [0.15, 0.2) is 11.5 Å².